The number of imide groups is 2. The van der Waals surface area contributed by atoms with Crippen molar-refractivity contribution in [3.05, 3.63) is 64.2 Å². The molecule has 0 spiro atoms. The quantitative estimate of drug-likeness (QED) is 0.517. The fraction of sp³-hybridized carbons (Fsp3) is 0.433. The van der Waals surface area contributed by atoms with Gasteiger partial charge in [0.05, 0.1) is 11.1 Å². The molecular formula is C30H30ClF2N5O5. The number of nitrogens with one attached hydrogen (secondary N) is 1. The Morgan fingerprint density at radius 3 is 2.14 bits per heavy atom. The SMILES string of the molecule is O=C1CCC(N2C(=O)c3ccc(N4CCN(C5CCN(C(=O)C(F)(F)c6ccc(Cl)cc6)CC5)CC4)cc3C2=O)C(=O)N1. The minimum Gasteiger partial charge on any atom is -0.369 e. The van der Waals surface area contributed by atoms with Gasteiger partial charge >= 0.3 is 5.92 Å². The van der Waals surface area contributed by atoms with Crippen molar-refractivity contribution in [1.29, 1.82) is 0 Å². The van der Waals surface area contributed by atoms with Crippen molar-refractivity contribution in [2.24, 2.45) is 0 Å². The van der Waals surface area contributed by atoms with Crippen LogP contribution in [-0.2, 0) is 20.3 Å². The fourth-order valence-corrected chi connectivity index (χ4v) is 6.54. The third kappa shape index (κ3) is 5.38. The molecule has 1 unspecified atom stereocenters. The summed E-state index contributed by atoms with van der Waals surface area (Å²) in [4.78, 5) is 69.3. The van der Waals surface area contributed by atoms with Crippen molar-refractivity contribution in [1.82, 2.24) is 20.0 Å². The van der Waals surface area contributed by atoms with Crippen LogP contribution < -0.4 is 10.2 Å². The zero-order chi connectivity index (χ0) is 30.5. The van der Waals surface area contributed by atoms with Crippen LogP contribution in [0.3, 0.4) is 0 Å². The van der Waals surface area contributed by atoms with E-state index in [9.17, 15) is 32.8 Å². The Hall–Kier alpha value is -3.90. The van der Waals surface area contributed by atoms with Crippen LogP contribution in [0.4, 0.5) is 14.5 Å². The summed E-state index contributed by atoms with van der Waals surface area (Å²) in [6, 6.07) is 9.28. The second-order valence-electron chi connectivity index (χ2n) is 11.3. The van der Waals surface area contributed by atoms with Gasteiger partial charge in [-0.15, -0.1) is 0 Å². The predicted octanol–water partition coefficient (Wildman–Crippen LogP) is 2.65. The highest BCUT2D eigenvalue weighted by Gasteiger charge is 2.46. The van der Waals surface area contributed by atoms with Gasteiger partial charge < -0.3 is 9.80 Å². The Balaban J connectivity index is 1.04. The Morgan fingerprint density at radius 2 is 1.49 bits per heavy atom. The van der Waals surface area contributed by atoms with Crippen LogP contribution in [0.15, 0.2) is 42.5 Å². The van der Waals surface area contributed by atoms with E-state index in [-0.39, 0.29) is 48.7 Å². The summed E-state index contributed by atoms with van der Waals surface area (Å²) in [6.07, 6.45) is 1.34. The van der Waals surface area contributed by atoms with Gasteiger partial charge in [0.25, 0.3) is 17.7 Å². The van der Waals surface area contributed by atoms with E-state index in [4.69, 9.17) is 11.6 Å². The van der Waals surface area contributed by atoms with E-state index in [1.54, 1.807) is 18.2 Å². The normalized spacial score (nSPS) is 22.2. The molecule has 2 aromatic rings. The van der Waals surface area contributed by atoms with Crippen molar-refractivity contribution in [2.45, 2.75) is 43.7 Å². The van der Waals surface area contributed by atoms with E-state index in [0.29, 0.717) is 44.0 Å². The van der Waals surface area contributed by atoms with Crippen molar-refractivity contribution in [2.75, 3.05) is 44.2 Å². The lowest BCUT2D eigenvalue weighted by atomic mass is 10.00. The highest BCUT2D eigenvalue weighted by atomic mass is 35.5. The first-order chi connectivity index (χ1) is 20.5. The molecule has 1 N–H and O–H groups in total. The maximum atomic E-state index is 14.9. The molecule has 3 fully saturated rings. The third-order valence-corrected chi connectivity index (χ3v) is 9.10. The third-order valence-electron chi connectivity index (χ3n) is 8.85. The summed E-state index contributed by atoms with van der Waals surface area (Å²) in [5, 5.41) is 2.52. The number of fused-ring (bicyclic) bond motifs is 1. The smallest absolute Gasteiger partial charge is 0.349 e. The van der Waals surface area contributed by atoms with Crippen LogP contribution in [0.25, 0.3) is 0 Å². The first kappa shape index (κ1) is 29.2. The first-order valence-corrected chi connectivity index (χ1v) is 14.7. The van der Waals surface area contributed by atoms with Gasteiger partial charge in [-0.3, -0.25) is 39.1 Å². The lowest BCUT2D eigenvalue weighted by Gasteiger charge is -2.43. The molecule has 43 heavy (non-hydrogen) atoms. The molecule has 10 nitrogen and oxygen atoms in total. The van der Waals surface area contributed by atoms with E-state index in [1.807, 2.05) is 0 Å². The van der Waals surface area contributed by atoms with E-state index in [0.717, 1.165) is 10.6 Å². The number of piperidine rings is 2. The molecule has 5 amide bonds. The molecule has 4 aliphatic heterocycles. The molecule has 4 heterocycles. The number of halogens is 3. The molecule has 0 bridgehead atoms. The Kier molecular flexibility index (Phi) is 7.67. The summed E-state index contributed by atoms with van der Waals surface area (Å²) in [5.41, 5.74) is 0.887. The minimum atomic E-state index is -3.62. The first-order valence-electron chi connectivity index (χ1n) is 14.3. The summed E-state index contributed by atoms with van der Waals surface area (Å²) < 4.78 is 29.8. The minimum absolute atomic E-state index is 0.0601. The summed E-state index contributed by atoms with van der Waals surface area (Å²) in [6.45, 7) is 3.24. The molecule has 2 aromatic carbocycles. The number of carbonyl (C=O) groups excluding carboxylic acids is 5. The van der Waals surface area contributed by atoms with Crippen molar-refractivity contribution >= 4 is 46.8 Å². The number of piperazine rings is 1. The van der Waals surface area contributed by atoms with Crippen molar-refractivity contribution in [3.63, 3.8) is 0 Å². The second kappa shape index (κ2) is 11.3. The van der Waals surface area contributed by atoms with Gasteiger partial charge in [0.15, 0.2) is 0 Å². The van der Waals surface area contributed by atoms with Gasteiger partial charge in [0.2, 0.25) is 11.8 Å². The Labute approximate surface area is 251 Å². The van der Waals surface area contributed by atoms with Gasteiger partial charge in [0, 0.05) is 68.0 Å². The summed E-state index contributed by atoms with van der Waals surface area (Å²) in [5.74, 6) is -6.97. The van der Waals surface area contributed by atoms with Gasteiger partial charge in [-0.1, -0.05) is 23.7 Å². The zero-order valence-electron chi connectivity index (χ0n) is 23.2. The Bertz CT molecular complexity index is 1490. The summed E-state index contributed by atoms with van der Waals surface area (Å²) >= 11 is 5.80. The fourth-order valence-electron chi connectivity index (χ4n) is 6.42. The molecule has 3 saturated heterocycles. The molecule has 6 rings (SSSR count). The Morgan fingerprint density at radius 1 is 0.837 bits per heavy atom. The average Bonchev–Trinajstić information content (AvgIpc) is 3.26. The van der Waals surface area contributed by atoms with Crippen molar-refractivity contribution in [3.8, 4) is 0 Å². The molecule has 0 aliphatic carbocycles. The largest absolute Gasteiger partial charge is 0.369 e. The summed E-state index contributed by atoms with van der Waals surface area (Å²) in [7, 11) is 0. The van der Waals surface area contributed by atoms with Gasteiger partial charge in [-0.2, -0.15) is 8.78 Å². The monoisotopic (exact) mass is 613 g/mol. The molecule has 1 atom stereocenters. The lowest BCUT2D eigenvalue weighted by Crippen LogP contribution is -2.55. The number of nitrogens with zero attached hydrogens (tertiary/aromatic N) is 4. The molecule has 4 aliphatic rings. The molecule has 0 aromatic heterocycles. The van der Waals surface area contributed by atoms with Crippen LogP contribution in [0.1, 0.15) is 52.0 Å². The molecular weight excluding hydrogens is 584 g/mol. The van der Waals surface area contributed by atoms with Gasteiger partial charge in [-0.05, 0) is 49.6 Å². The molecule has 226 valence electrons. The van der Waals surface area contributed by atoms with Crippen molar-refractivity contribution < 1.29 is 32.8 Å². The average molecular weight is 614 g/mol. The molecule has 0 radical (unpaired) electrons. The number of benzene rings is 2. The van der Waals surface area contributed by atoms with Gasteiger partial charge in [-0.25, -0.2) is 0 Å². The van der Waals surface area contributed by atoms with E-state index < -0.39 is 41.5 Å². The van der Waals surface area contributed by atoms with Crippen LogP contribution in [-0.4, -0.2) is 95.6 Å². The molecule has 13 heteroatoms. The van der Waals surface area contributed by atoms with Crippen LogP contribution in [0.2, 0.25) is 5.02 Å². The van der Waals surface area contributed by atoms with Gasteiger partial charge in [0.1, 0.15) is 6.04 Å². The predicted molar refractivity (Wildman–Crippen MR) is 152 cm³/mol. The molecule has 0 saturated carbocycles. The topological polar surface area (TPSA) is 110 Å². The van der Waals surface area contributed by atoms with E-state index in [2.05, 4.69) is 15.1 Å². The lowest BCUT2D eigenvalue weighted by molar-refractivity contribution is -0.160. The highest BCUT2D eigenvalue weighted by Crippen LogP contribution is 2.34. The maximum Gasteiger partial charge on any atom is 0.349 e. The number of carbonyl (C=O) groups is 5. The number of likely N-dealkylation sites (tertiary alicyclic amines) is 1. The van der Waals surface area contributed by atoms with Crippen LogP contribution in [0, 0.1) is 0 Å². The number of rotatable bonds is 5. The van der Waals surface area contributed by atoms with Crippen LogP contribution in [0.5, 0.6) is 0 Å². The van der Waals surface area contributed by atoms with E-state index in [1.165, 1.54) is 29.2 Å². The number of anilines is 1. The van der Waals surface area contributed by atoms with Crippen LogP contribution >= 0.6 is 11.6 Å². The van der Waals surface area contributed by atoms with E-state index >= 15 is 0 Å². The number of amides is 5. The number of alkyl halides is 2. The zero-order valence-corrected chi connectivity index (χ0v) is 24.0. The number of hydrogen-bond acceptors (Lipinski definition) is 7. The standard InChI is InChI=1S/C30H30ClF2N5O5/c31-19-3-1-18(2-4-19)30(32,33)29(43)37-11-9-20(10-12-37)35-13-15-36(16-14-35)21-5-6-22-23(17-21)28(42)38(27(22)41)24-7-8-25(39)34-26(24)40/h1-6,17,20,24H,7-16H2,(H,34,39,40). The number of hydrogen-bond donors (Lipinski definition) is 1. The maximum absolute atomic E-state index is 14.9. The second-order valence-corrected chi connectivity index (χ2v) is 11.7. The highest BCUT2D eigenvalue weighted by molar-refractivity contribution is 6.30.